The molecule has 12 rings (SSSR count). The molecule has 272 valence electrons. The Morgan fingerprint density at radius 1 is 0.765 bits per heavy atom. The average molecular weight is 699 g/mol. The fourth-order valence-electron chi connectivity index (χ4n) is 12.0. The van der Waals surface area contributed by atoms with E-state index in [-0.39, 0.29) is 35.1 Å². The average Bonchev–Trinajstić information content (AvgIpc) is 4.05. The van der Waals surface area contributed by atoms with Crippen LogP contribution in [0.4, 0.5) is 0 Å². The largest absolute Gasteiger partial charge is 0.504 e. The first-order chi connectivity index (χ1) is 24.6. The van der Waals surface area contributed by atoms with Crippen molar-refractivity contribution in [2.24, 2.45) is 11.8 Å². The summed E-state index contributed by atoms with van der Waals surface area (Å²) < 4.78 is 11.9. The van der Waals surface area contributed by atoms with Crippen molar-refractivity contribution in [1.29, 1.82) is 0 Å². The van der Waals surface area contributed by atoms with E-state index in [1.54, 1.807) is 12.1 Å². The number of carbonyl (C=O) groups excluding carboxylic acids is 2. The highest BCUT2D eigenvalue weighted by Crippen LogP contribution is 2.66. The van der Waals surface area contributed by atoms with Crippen molar-refractivity contribution in [1.82, 2.24) is 10.2 Å². The number of likely N-dealkylation sites (tertiary alicyclic amines) is 1. The number of phenolic OH excluding ortho intramolecular Hbond substituents is 2. The molecule has 2 aromatic carbocycles. The Balaban J connectivity index is 0.000000114. The maximum atomic E-state index is 12.7. The quantitative estimate of drug-likeness (QED) is 0.321. The van der Waals surface area contributed by atoms with Gasteiger partial charge in [0, 0.05) is 42.6 Å². The zero-order valence-electron chi connectivity index (χ0n) is 29.5. The number of aromatic hydroxyl groups is 2. The van der Waals surface area contributed by atoms with Gasteiger partial charge >= 0.3 is 0 Å². The molecule has 0 radical (unpaired) electrons. The van der Waals surface area contributed by atoms with Gasteiger partial charge < -0.3 is 35.2 Å². The van der Waals surface area contributed by atoms with Gasteiger partial charge in [-0.05, 0) is 99.6 Å². The van der Waals surface area contributed by atoms with Crippen LogP contribution >= 0.6 is 0 Å². The third-order valence-electron chi connectivity index (χ3n) is 14.9. The number of piperidine rings is 2. The Hall–Kier alpha value is -3.18. The van der Waals surface area contributed by atoms with Crippen LogP contribution in [0.25, 0.3) is 0 Å². The van der Waals surface area contributed by atoms with Crippen molar-refractivity contribution in [3.8, 4) is 23.0 Å². The third kappa shape index (κ3) is 4.19. The minimum Gasteiger partial charge on any atom is -0.504 e. The lowest BCUT2D eigenvalue weighted by molar-refractivity contribution is -0.188. The first-order valence-electron chi connectivity index (χ1n) is 19.6. The Morgan fingerprint density at radius 3 is 1.90 bits per heavy atom. The Kier molecular flexibility index (Phi) is 6.96. The minimum absolute atomic E-state index is 0.0452. The van der Waals surface area contributed by atoms with Crippen molar-refractivity contribution in [2.75, 3.05) is 19.6 Å². The Morgan fingerprint density at radius 2 is 1.33 bits per heavy atom. The predicted octanol–water partition coefficient (Wildman–Crippen LogP) is 3.73. The second-order valence-corrected chi connectivity index (χ2v) is 17.3. The molecule has 10 aliphatic rings. The van der Waals surface area contributed by atoms with E-state index in [0.29, 0.717) is 50.0 Å². The van der Waals surface area contributed by atoms with E-state index < -0.39 is 34.2 Å². The monoisotopic (exact) mass is 698 g/mol. The number of aliphatic hydroxyl groups is 2. The van der Waals surface area contributed by atoms with Gasteiger partial charge in [0.1, 0.15) is 0 Å². The van der Waals surface area contributed by atoms with Crippen LogP contribution in [-0.2, 0) is 33.3 Å². The molecule has 5 N–H and O–H groups in total. The van der Waals surface area contributed by atoms with Gasteiger partial charge in [-0.15, -0.1) is 0 Å². The summed E-state index contributed by atoms with van der Waals surface area (Å²) in [6.07, 6.45) is 10.3. The second kappa shape index (κ2) is 10.9. The molecule has 4 saturated carbocycles. The zero-order chi connectivity index (χ0) is 35.1. The lowest BCUT2D eigenvalue weighted by Crippen LogP contribution is -2.76. The summed E-state index contributed by atoms with van der Waals surface area (Å²) in [6.45, 7) is 4.97. The number of hydrogen-bond donors (Lipinski definition) is 5. The van der Waals surface area contributed by atoms with E-state index >= 15 is 0 Å². The van der Waals surface area contributed by atoms with E-state index in [9.17, 15) is 30.0 Å². The summed E-state index contributed by atoms with van der Waals surface area (Å²) in [5, 5.41) is 47.3. The van der Waals surface area contributed by atoms with Gasteiger partial charge in [-0.25, -0.2) is 0 Å². The molecule has 4 aliphatic heterocycles. The van der Waals surface area contributed by atoms with Crippen LogP contribution in [0.5, 0.6) is 23.0 Å². The summed E-state index contributed by atoms with van der Waals surface area (Å²) >= 11 is 0. The van der Waals surface area contributed by atoms with E-state index in [0.717, 1.165) is 66.6 Å². The van der Waals surface area contributed by atoms with E-state index in [4.69, 9.17) is 9.47 Å². The number of hydrogen-bond acceptors (Lipinski definition) is 10. The molecule has 2 saturated heterocycles. The van der Waals surface area contributed by atoms with Gasteiger partial charge in [-0.2, -0.15) is 0 Å². The van der Waals surface area contributed by atoms with Crippen LogP contribution in [-0.4, -0.2) is 92.0 Å². The van der Waals surface area contributed by atoms with Crippen molar-refractivity contribution in [2.45, 2.75) is 137 Å². The molecule has 0 unspecified atom stereocenters. The van der Waals surface area contributed by atoms with Gasteiger partial charge in [-0.1, -0.05) is 38.3 Å². The topological polar surface area (TPSA) is 149 Å². The molecule has 4 bridgehead atoms. The number of nitrogens with zero attached hydrogens (tertiary/aromatic N) is 1. The van der Waals surface area contributed by atoms with Gasteiger partial charge in [0.15, 0.2) is 46.8 Å². The molecule has 51 heavy (non-hydrogen) atoms. The molecule has 0 aromatic heterocycles. The lowest BCUT2D eigenvalue weighted by atomic mass is 9.49. The molecule has 2 aromatic rings. The number of carbonyl (C=O) groups is 2. The molecule has 10 nitrogen and oxygen atoms in total. The van der Waals surface area contributed by atoms with Crippen molar-refractivity contribution < 1.29 is 39.5 Å². The number of benzene rings is 2. The van der Waals surface area contributed by atoms with Crippen LogP contribution in [0.2, 0.25) is 0 Å². The standard InChI is InChI=1S/C20H23NO4.C16H17NO4.C5H10/c22-13-4-3-12-9-15-20(24)6-5-14(23)18-19(20,16(12)17(13)25-18)7-8-21(15)10-11-1-2-11;18-9-2-1-8-7-11-16(20)4-3-10(19)14-15(16,5-6-17-11)12(8)13(9)21-14;1-2-5-3-4-5/h3-4,11,15,18,22,24H,1-2,5-10H2;1-2,11,14,17-18,20H,3-7H2;5H,2-4H2,1H3/t15-,18+,19+,20-;11-,14+,15+,16-;/m11./s1. The second-order valence-electron chi connectivity index (χ2n) is 17.3. The number of phenols is 2. The summed E-state index contributed by atoms with van der Waals surface area (Å²) in [7, 11) is 0. The third-order valence-corrected chi connectivity index (χ3v) is 14.9. The summed E-state index contributed by atoms with van der Waals surface area (Å²) in [5.74, 6) is 3.06. The molecule has 8 atom stereocenters. The highest BCUT2D eigenvalue weighted by atomic mass is 16.5. The highest BCUT2D eigenvalue weighted by molar-refractivity contribution is 5.91. The summed E-state index contributed by atoms with van der Waals surface area (Å²) in [5.41, 5.74) is 0.785. The molecule has 4 heterocycles. The minimum atomic E-state index is -0.962. The van der Waals surface area contributed by atoms with Gasteiger partial charge in [-0.3, -0.25) is 14.5 Å². The van der Waals surface area contributed by atoms with Gasteiger partial charge in [0.25, 0.3) is 0 Å². The summed E-state index contributed by atoms with van der Waals surface area (Å²) in [4.78, 5) is 27.6. The van der Waals surface area contributed by atoms with Crippen LogP contribution in [0.3, 0.4) is 0 Å². The zero-order valence-corrected chi connectivity index (χ0v) is 29.5. The van der Waals surface area contributed by atoms with E-state index in [2.05, 4.69) is 17.1 Å². The van der Waals surface area contributed by atoms with E-state index in [1.165, 1.54) is 32.1 Å². The number of nitrogens with one attached hydrogen (secondary N) is 1. The fraction of sp³-hybridized carbons (Fsp3) is 0.659. The van der Waals surface area contributed by atoms with Crippen LogP contribution in [0, 0.1) is 11.8 Å². The van der Waals surface area contributed by atoms with Crippen molar-refractivity contribution in [3.05, 3.63) is 46.5 Å². The number of ether oxygens (including phenoxy) is 2. The van der Waals surface area contributed by atoms with Gasteiger partial charge in [0.05, 0.1) is 22.0 Å². The maximum Gasteiger partial charge on any atom is 0.174 e. The highest BCUT2D eigenvalue weighted by Gasteiger charge is 2.74. The number of ketones is 2. The molecule has 10 heteroatoms. The van der Waals surface area contributed by atoms with Crippen LogP contribution < -0.4 is 14.8 Å². The molecule has 6 aliphatic carbocycles. The van der Waals surface area contributed by atoms with E-state index in [1.807, 2.05) is 12.1 Å². The van der Waals surface area contributed by atoms with Crippen LogP contribution in [0.15, 0.2) is 24.3 Å². The van der Waals surface area contributed by atoms with Gasteiger partial charge in [0.2, 0.25) is 0 Å². The first kappa shape index (κ1) is 32.5. The SMILES string of the molecule is CCC1CC1.O=C1CC[C@@]2(O)[C@H]3Cc4ccc(O)c5c4[C@@]2(CCN3)[C@H]1O5.O=C1CC[C@@]2(O)[C@H]3Cc4ccc(O)c5c4[C@@]2(CCN3CC2CC2)[C@H]1O5. The molecule has 0 amide bonds. The maximum absolute atomic E-state index is 12.7. The van der Waals surface area contributed by atoms with Crippen LogP contribution in [0.1, 0.15) is 99.8 Å². The molecular weight excluding hydrogens is 648 g/mol. The molecular formula is C41H50N2O8. The summed E-state index contributed by atoms with van der Waals surface area (Å²) in [6, 6.07) is 7.18. The number of Topliss-reactive ketones (excluding diaryl/α,β-unsaturated/α-hetero) is 2. The molecule has 2 spiro atoms. The fourth-order valence-corrected chi connectivity index (χ4v) is 12.0. The van der Waals surface area contributed by atoms with Crippen molar-refractivity contribution >= 4 is 11.6 Å². The molecule has 6 fully saturated rings. The first-order valence-corrected chi connectivity index (χ1v) is 19.6. The Bertz CT molecular complexity index is 1840. The number of rotatable bonds is 3. The van der Waals surface area contributed by atoms with Crippen molar-refractivity contribution in [3.63, 3.8) is 0 Å². The predicted molar refractivity (Wildman–Crippen MR) is 186 cm³/mol. The Labute approximate surface area is 298 Å². The smallest absolute Gasteiger partial charge is 0.174 e. The lowest BCUT2D eigenvalue weighted by Gasteiger charge is -2.62. The normalized spacial score (nSPS) is 40.1.